The zero-order valence-electron chi connectivity index (χ0n) is 13.0. The molecule has 1 aliphatic rings. The van der Waals surface area contributed by atoms with Crippen LogP contribution in [0.5, 0.6) is 0 Å². The fraction of sp³-hybridized carbons (Fsp3) is 0.667. The maximum Gasteiger partial charge on any atom is -0.00176 e. The lowest BCUT2D eigenvalue weighted by Crippen LogP contribution is -2.37. The van der Waals surface area contributed by atoms with E-state index in [2.05, 4.69) is 51.2 Å². The molecule has 0 aromatic heterocycles. The third kappa shape index (κ3) is 3.82. The monoisotopic (exact) mass is 259 g/mol. The van der Waals surface area contributed by atoms with E-state index in [0.717, 1.165) is 24.3 Å². The van der Waals surface area contributed by atoms with Gasteiger partial charge in [0, 0.05) is 0 Å². The van der Waals surface area contributed by atoms with Gasteiger partial charge in [-0.1, -0.05) is 32.0 Å². The minimum Gasteiger partial charge on any atom is -0.316 e. The molecule has 106 valence electrons. The Kier molecular flexibility index (Phi) is 5.04. The van der Waals surface area contributed by atoms with Gasteiger partial charge >= 0.3 is 0 Å². The Bertz CT molecular complexity index is 388. The van der Waals surface area contributed by atoms with Gasteiger partial charge in [0.15, 0.2) is 0 Å². The van der Waals surface area contributed by atoms with Crippen LogP contribution in [-0.2, 0) is 6.42 Å². The first-order valence-electron chi connectivity index (χ1n) is 7.83. The molecule has 0 heterocycles. The average Bonchev–Trinajstić information content (AvgIpc) is 2.32. The van der Waals surface area contributed by atoms with Gasteiger partial charge < -0.3 is 5.32 Å². The molecular weight excluding hydrogens is 230 g/mol. The molecule has 1 nitrogen and oxygen atoms in total. The van der Waals surface area contributed by atoms with Gasteiger partial charge in [0.05, 0.1) is 0 Å². The lowest BCUT2D eigenvalue weighted by atomic mass is 9.70. The molecule has 0 amide bonds. The van der Waals surface area contributed by atoms with E-state index in [1.165, 1.54) is 36.9 Å². The molecule has 2 rings (SSSR count). The van der Waals surface area contributed by atoms with Crippen LogP contribution >= 0.6 is 0 Å². The fourth-order valence-corrected chi connectivity index (χ4v) is 3.17. The van der Waals surface area contributed by atoms with Crippen LogP contribution in [0, 0.1) is 31.6 Å². The van der Waals surface area contributed by atoms with Crippen molar-refractivity contribution in [1.82, 2.24) is 5.32 Å². The third-order valence-electron chi connectivity index (χ3n) is 4.64. The Labute approximate surface area is 118 Å². The van der Waals surface area contributed by atoms with Crippen LogP contribution < -0.4 is 5.32 Å². The quantitative estimate of drug-likeness (QED) is 0.810. The van der Waals surface area contributed by atoms with Crippen molar-refractivity contribution in [2.75, 3.05) is 13.1 Å². The molecule has 1 fully saturated rings. The van der Waals surface area contributed by atoms with Crippen LogP contribution in [0.2, 0.25) is 0 Å². The van der Waals surface area contributed by atoms with Crippen LogP contribution in [0.15, 0.2) is 18.2 Å². The Morgan fingerprint density at radius 3 is 2.26 bits per heavy atom. The van der Waals surface area contributed by atoms with Gasteiger partial charge in [-0.2, -0.15) is 0 Å². The molecule has 0 aliphatic heterocycles. The highest BCUT2D eigenvalue weighted by atomic mass is 14.9. The highest BCUT2D eigenvalue weighted by molar-refractivity contribution is 5.34. The first-order valence-corrected chi connectivity index (χ1v) is 7.83. The van der Waals surface area contributed by atoms with Gasteiger partial charge in [0.1, 0.15) is 0 Å². The lowest BCUT2D eigenvalue weighted by molar-refractivity contribution is 0.169. The predicted molar refractivity (Wildman–Crippen MR) is 83.5 cm³/mol. The molecule has 0 bridgehead atoms. The van der Waals surface area contributed by atoms with E-state index in [9.17, 15) is 0 Å². The molecule has 1 aromatic rings. The summed E-state index contributed by atoms with van der Waals surface area (Å²) < 4.78 is 0. The Morgan fingerprint density at radius 1 is 1.11 bits per heavy atom. The summed E-state index contributed by atoms with van der Waals surface area (Å²) >= 11 is 0. The number of nitrogens with one attached hydrogen (secondary N) is 1. The van der Waals surface area contributed by atoms with Crippen molar-refractivity contribution in [2.45, 2.75) is 47.0 Å². The fourth-order valence-electron chi connectivity index (χ4n) is 3.17. The van der Waals surface area contributed by atoms with E-state index in [4.69, 9.17) is 0 Å². The third-order valence-corrected chi connectivity index (χ3v) is 4.64. The molecule has 1 saturated carbocycles. The summed E-state index contributed by atoms with van der Waals surface area (Å²) in [5, 5.41) is 3.63. The molecule has 0 spiro atoms. The van der Waals surface area contributed by atoms with E-state index in [1.807, 2.05) is 0 Å². The van der Waals surface area contributed by atoms with Crippen molar-refractivity contribution < 1.29 is 0 Å². The van der Waals surface area contributed by atoms with Crippen LogP contribution in [-0.4, -0.2) is 13.1 Å². The molecule has 0 radical (unpaired) electrons. The molecule has 1 aromatic carbocycles. The van der Waals surface area contributed by atoms with Crippen molar-refractivity contribution in [2.24, 2.45) is 17.8 Å². The van der Waals surface area contributed by atoms with Crippen LogP contribution in [0.25, 0.3) is 0 Å². The highest BCUT2D eigenvalue weighted by Gasteiger charge is 2.30. The summed E-state index contributed by atoms with van der Waals surface area (Å²) in [5.74, 6) is 2.56. The van der Waals surface area contributed by atoms with Gasteiger partial charge in [-0.05, 0) is 80.6 Å². The molecule has 2 unspecified atom stereocenters. The maximum atomic E-state index is 3.63. The number of hydrogen-bond donors (Lipinski definition) is 1. The first-order chi connectivity index (χ1) is 9.08. The van der Waals surface area contributed by atoms with Crippen molar-refractivity contribution >= 4 is 0 Å². The largest absolute Gasteiger partial charge is 0.316 e. The summed E-state index contributed by atoms with van der Waals surface area (Å²) in [6, 6.07) is 6.69. The molecule has 2 atom stereocenters. The number of hydrogen-bond acceptors (Lipinski definition) is 1. The van der Waals surface area contributed by atoms with E-state index in [1.54, 1.807) is 5.56 Å². The van der Waals surface area contributed by atoms with Crippen LogP contribution in [0.3, 0.4) is 0 Å². The summed E-state index contributed by atoms with van der Waals surface area (Å²) in [7, 11) is 0. The normalized spacial score (nSPS) is 22.6. The summed E-state index contributed by atoms with van der Waals surface area (Å²) in [4.78, 5) is 0. The van der Waals surface area contributed by atoms with E-state index < -0.39 is 0 Å². The van der Waals surface area contributed by atoms with E-state index in [-0.39, 0.29) is 0 Å². The standard InChI is InChI=1S/C18H29N/c1-13(2)11-19-12-17-9-8-16(17)10-18-14(3)6-5-7-15(18)4/h5-7,13,16-17,19H,8-12H2,1-4H3. The lowest BCUT2D eigenvalue weighted by Gasteiger charge is -2.38. The number of benzene rings is 1. The highest BCUT2D eigenvalue weighted by Crippen LogP contribution is 2.37. The van der Waals surface area contributed by atoms with E-state index >= 15 is 0 Å². The minimum absolute atomic E-state index is 0.761. The average molecular weight is 259 g/mol. The number of aryl methyl sites for hydroxylation is 2. The van der Waals surface area contributed by atoms with Crippen molar-refractivity contribution in [3.05, 3.63) is 34.9 Å². The Morgan fingerprint density at radius 2 is 1.74 bits per heavy atom. The SMILES string of the molecule is Cc1cccc(C)c1CC1CCC1CNCC(C)C. The van der Waals surface area contributed by atoms with E-state index in [0.29, 0.717) is 0 Å². The second-order valence-corrected chi connectivity index (χ2v) is 6.72. The van der Waals surface area contributed by atoms with Gasteiger partial charge in [-0.3, -0.25) is 0 Å². The topological polar surface area (TPSA) is 12.0 Å². The van der Waals surface area contributed by atoms with Gasteiger partial charge in [0.2, 0.25) is 0 Å². The van der Waals surface area contributed by atoms with Crippen LogP contribution in [0.1, 0.15) is 43.4 Å². The van der Waals surface area contributed by atoms with Gasteiger partial charge in [0.25, 0.3) is 0 Å². The zero-order chi connectivity index (χ0) is 13.8. The predicted octanol–water partition coefficient (Wildman–Crippen LogP) is 4.12. The molecule has 1 heteroatoms. The molecular formula is C18H29N. The smallest absolute Gasteiger partial charge is 0.00176 e. The van der Waals surface area contributed by atoms with Crippen molar-refractivity contribution in [3.63, 3.8) is 0 Å². The summed E-state index contributed by atoms with van der Waals surface area (Å²) in [5.41, 5.74) is 4.54. The molecule has 0 saturated heterocycles. The van der Waals surface area contributed by atoms with Crippen LogP contribution in [0.4, 0.5) is 0 Å². The molecule has 1 N–H and O–H groups in total. The zero-order valence-corrected chi connectivity index (χ0v) is 13.0. The number of rotatable bonds is 6. The summed E-state index contributed by atoms with van der Waals surface area (Å²) in [6.45, 7) is 11.4. The second kappa shape index (κ2) is 6.56. The minimum atomic E-state index is 0.761. The maximum absolute atomic E-state index is 3.63. The Hall–Kier alpha value is -0.820. The first kappa shape index (κ1) is 14.6. The second-order valence-electron chi connectivity index (χ2n) is 6.72. The van der Waals surface area contributed by atoms with Crippen molar-refractivity contribution in [1.29, 1.82) is 0 Å². The van der Waals surface area contributed by atoms with Gasteiger partial charge in [-0.25, -0.2) is 0 Å². The summed E-state index contributed by atoms with van der Waals surface area (Å²) in [6.07, 6.45) is 4.12. The van der Waals surface area contributed by atoms with Crippen molar-refractivity contribution in [3.8, 4) is 0 Å². The Balaban J connectivity index is 1.86. The molecule has 1 aliphatic carbocycles. The molecule has 19 heavy (non-hydrogen) atoms. The van der Waals surface area contributed by atoms with Gasteiger partial charge in [-0.15, -0.1) is 0 Å².